The van der Waals surface area contributed by atoms with Gasteiger partial charge in [-0.1, -0.05) is 6.92 Å². The Morgan fingerprint density at radius 2 is 2.36 bits per heavy atom. The summed E-state index contributed by atoms with van der Waals surface area (Å²) in [5.74, 6) is 0.369. The molecule has 1 heterocycles. The molecule has 0 fully saturated rings. The number of nitrogens with two attached hydrogens (primary N) is 1. The zero-order chi connectivity index (χ0) is 8.48. The van der Waals surface area contributed by atoms with Crippen molar-refractivity contribution in [2.24, 2.45) is 5.14 Å². The van der Waals surface area contributed by atoms with Crippen molar-refractivity contribution in [3.8, 4) is 0 Å². The molecule has 11 heavy (non-hydrogen) atoms. The number of aryl methyl sites for hydroxylation is 1. The van der Waals surface area contributed by atoms with E-state index in [0.29, 0.717) is 12.3 Å². The number of aromatic nitrogens is 1. The molecule has 0 aliphatic carbocycles. The van der Waals surface area contributed by atoms with E-state index >= 15 is 0 Å². The van der Waals surface area contributed by atoms with Crippen LogP contribution < -0.4 is 5.14 Å². The van der Waals surface area contributed by atoms with Gasteiger partial charge in [-0.15, -0.1) is 0 Å². The standard InChI is InChI=1S/C5H8N2O3S/c1-2-4-7-3-5(10-4)11(6,8)9/h3H,2H2,1H3,(H2,6,8,9). The number of rotatable bonds is 2. The van der Waals surface area contributed by atoms with Gasteiger partial charge in [0.25, 0.3) is 15.1 Å². The van der Waals surface area contributed by atoms with Gasteiger partial charge < -0.3 is 4.42 Å². The van der Waals surface area contributed by atoms with E-state index in [1.807, 2.05) is 0 Å². The molecule has 0 spiro atoms. The zero-order valence-electron chi connectivity index (χ0n) is 5.94. The van der Waals surface area contributed by atoms with Crippen molar-refractivity contribution in [1.29, 1.82) is 0 Å². The van der Waals surface area contributed by atoms with Crippen LogP contribution in [-0.4, -0.2) is 13.4 Å². The Hall–Kier alpha value is -0.880. The Labute approximate surface area is 64.3 Å². The maximum atomic E-state index is 10.6. The topological polar surface area (TPSA) is 86.2 Å². The van der Waals surface area contributed by atoms with Gasteiger partial charge in [-0.3, -0.25) is 0 Å². The Morgan fingerprint density at radius 3 is 2.64 bits per heavy atom. The largest absolute Gasteiger partial charge is 0.428 e. The SMILES string of the molecule is CCc1ncc(S(N)(=O)=O)o1. The summed E-state index contributed by atoms with van der Waals surface area (Å²) in [6.45, 7) is 1.80. The summed E-state index contributed by atoms with van der Waals surface area (Å²) < 4.78 is 26.0. The summed E-state index contributed by atoms with van der Waals surface area (Å²) in [6.07, 6.45) is 1.66. The maximum Gasteiger partial charge on any atom is 0.273 e. The number of sulfonamides is 1. The summed E-state index contributed by atoms with van der Waals surface area (Å²) >= 11 is 0. The van der Waals surface area contributed by atoms with Crippen LogP contribution in [0.4, 0.5) is 0 Å². The van der Waals surface area contributed by atoms with Gasteiger partial charge in [0.2, 0.25) is 0 Å². The molecule has 62 valence electrons. The minimum atomic E-state index is -3.72. The third kappa shape index (κ3) is 1.78. The van der Waals surface area contributed by atoms with Gasteiger partial charge in [-0.25, -0.2) is 18.5 Å². The number of hydrogen-bond acceptors (Lipinski definition) is 4. The predicted octanol–water partition coefficient (Wildman–Crippen LogP) is -0.116. The number of oxazole rings is 1. The predicted molar refractivity (Wildman–Crippen MR) is 37.3 cm³/mol. The van der Waals surface area contributed by atoms with Crippen LogP contribution in [0, 0.1) is 0 Å². The third-order valence-corrected chi connectivity index (χ3v) is 1.86. The molecule has 1 aromatic heterocycles. The molecule has 0 aliphatic rings. The van der Waals surface area contributed by atoms with Crippen molar-refractivity contribution in [3.05, 3.63) is 12.1 Å². The van der Waals surface area contributed by atoms with Gasteiger partial charge in [0.1, 0.15) is 0 Å². The van der Waals surface area contributed by atoms with Gasteiger partial charge >= 0.3 is 0 Å². The molecule has 5 nitrogen and oxygen atoms in total. The lowest BCUT2D eigenvalue weighted by Crippen LogP contribution is -2.10. The summed E-state index contributed by atoms with van der Waals surface area (Å²) in [6, 6.07) is 0. The molecule has 1 aromatic rings. The van der Waals surface area contributed by atoms with Gasteiger partial charge in [-0.05, 0) is 0 Å². The number of hydrogen-bond donors (Lipinski definition) is 1. The van der Waals surface area contributed by atoms with Crippen molar-refractivity contribution in [1.82, 2.24) is 4.98 Å². The average Bonchev–Trinajstić information content (AvgIpc) is 2.32. The highest BCUT2D eigenvalue weighted by molar-refractivity contribution is 7.89. The number of nitrogens with zero attached hydrogens (tertiary/aromatic N) is 1. The van der Waals surface area contributed by atoms with Crippen LogP contribution in [0.2, 0.25) is 0 Å². The van der Waals surface area contributed by atoms with Crippen molar-refractivity contribution in [2.75, 3.05) is 0 Å². The van der Waals surface area contributed by atoms with Gasteiger partial charge in [-0.2, -0.15) is 0 Å². The maximum absolute atomic E-state index is 10.6. The van der Waals surface area contributed by atoms with E-state index in [1.165, 1.54) is 0 Å². The molecule has 0 saturated carbocycles. The van der Waals surface area contributed by atoms with Crippen LogP contribution in [0.25, 0.3) is 0 Å². The second-order valence-corrected chi connectivity index (χ2v) is 3.46. The highest BCUT2D eigenvalue weighted by atomic mass is 32.2. The first-order valence-electron chi connectivity index (χ1n) is 3.01. The molecule has 0 saturated heterocycles. The average molecular weight is 176 g/mol. The fourth-order valence-corrected chi connectivity index (χ4v) is 1.00. The summed E-state index contributed by atoms with van der Waals surface area (Å²) in [4.78, 5) is 3.68. The van der Waals surface area contributed by atoms with Gasteiger partial charge in [0, 0.05) is 6.42 Å². The first-order valence-corrected chi connectivity index (χ1v) is 4.56. The fourth-order valence-electron chi connectivity index (χ4n) is 0.589. The molecule has 0 unspecified atom stereocenters. The van der Waals surface area contributed by atoms with Crippen LogP contribution in [-0.2, 0) is 16.4 Å². The highest BCUT2D eigenvalue weighted by Crippen LogP contribution is 2.08. The van der Waals surface area contributed by atoms with Crippen LogP contribution in [0.5, 0.6) is 0 Å². The second-order valence-electron chi connectivity index (χ2n) is 1.97. The Balaban J connectivity index is 3.09. The van der Waals surface area contributed by atoms with E-state index in [-0.39, 0.29) is 5.09 Å². The lowest BCUT2D eigenvalue weighted by atomic mass is 10.5. The van der Waals surface area contributed by atoms with E-state index in [0.717, 1.165) is 6.20 Å². The Bertz CT molecular complexity index is 340. The summed E-state index contributed by atoms with van der Waals surface area (Å²) in [5.41, 5.74) is 0. The first-order chi connectivity index (χ1) is 5.04. The normalized spacial score (nSPS) is 11.8. The van der Waals surface area contributed by atoms with E-state index in [1.54, 1.807) is 6.92 Å². The highest BCUT2D eigenvalue weighted by Gasteiger charge is 2.13. The van der Waals surface area contributed by atoms with E-state index in [9.17, 15) is 8.42 Å². The lowest BCUT2D eigenvalue weighted by molar-refractivity contribution is 0.411. The third-order valence-electron chi connectivity index (χ3n) is 1.12. The molecule has 1 rings (SSSR count). The summed E-state index contributed by atoms with van der Waals surface area (Å²) in [7, 11) is -3.72. The monoisotopic (exact) mass is 176 g/mol. The van der Waals surface area contributed by atoms with E-state index < -0.39 is 10.0 Å². The van der Waals surface area contributed by atoms with Crippen molar-refractivity contribution in [2.45, 2.75) is 18.4 Å². The summed E-state index contributed by atoms with van der Waals surface area (Å²) in [5, 5.41) is 4.48. The Kier molecular flexibility index (Phi) is 1.97. The minimum absolute atomic E-state index is 0.283. The molecule has 0 bridgehead atoms. The molecule has 0 atom stereocenters. The fraction of sp³-hybridized carbons (Fsp3) is 0.400. The zero-order valence-corrected chi connectivity index (χ0v) is 6.76. The van der Waals surface area contributed by atoms with Crippen LogP contribution in [0.1, 0.15) is 12.8 Å². The molecular formula is C5H8N2O3S. The Morgan fingerprint density at radius 1 is 1.73 bits per heavy atom. The molecule has 0 amide bonds. The van der Waals surface area contributed by atoms with Crippen LogP contribution >= 0.6 is 0 Å². The smallest absolute Gasteiger partial charge is 0.273 e. The van der Waals surface area contributed by atoms with Crippen molar-refractivity contribution in [3.63, 3.8) is 0 Å². The minimum Gasteiger partial charge on any atom is -0.428 e. The molecular weight excluding hydrogens is 168 g/mol. The quantitative estimate of drug-likeness (QED) is 0.680. The molecule has 6 heteroatoms. The molecule has 0 radical (unpaired) electrons. The first kappa shape index (κ1) is 8.22. The van der Waals surface area contributed by atoms with Gasteiger partial charge in [0.15, 0.2) is 5.89 Å². The van der Waals surface area contributed by atoms with Gasteiger partial charge in [0.05, 0.1) is 6.20 Å². The molecule has 0 aliphatic heterocycles. The van der Waals surface area contributed by atoms with Crippen LogP contribution in [0.3, 0.4) is 0 Å². The second kappa shape index (κ2) is 2.63. The molecule has 2 N–H and O–H groups in total. The van der Waals surface area contributed by atoms with E-state index in [4.69, 9.17) is 9.56 Å². The lowest BCUT2D eigenvalue weighted by Gasteiger charge is -1.87. The van der Waals surface area contributed by atoms with Crippen molar-refractivity contribution >= 4 is 10.0 Å². The van der Waals surface area contributed by atoms with E-state index in [2.05, 4.69) is 4.98 Å². The molecule has 0 aromatic carbocycles. The van der Waals surface area contributed by atoms with Crippen LogP contribution in [0.15, 0.2) is 15.7 Å². The number of primary sulfonamides is 1. The van der Waals surface area contributed by atoms with Crippen molar-refractivity contribution < 1.29 is 12.8 Å².